The molecule has 0 aliphatic rings. The average molecular weight is 675 g/mol. The number of fused-ring (bicyclic) bond motifs is 10. The zero-order valence-corrected chi connectivity index (χ0v) is 30.3. The molecule has 0 aromatic heterocycles. The van der Waals surface area contributed by atoms with Crippen LogP contribution in [0.4, 0.5) is 0 Å². The molecule has 0 saturated heterocycles. The molecule has 55 heavy (non-hydrogen) atoms. The number of benzene rings is 9. The Kier molecular flexibility index (Phi) is 8.39. The Morgan fingerprint density at radius 2 is 0.818 bits per heavy atom. The van der Waals surface area contributed by atoms with Crippen LogP contribution < -0.4 is 43.7 Å². The fraction of sp³-hybridized carbons (Fsp3) is 0.0213. The Labute approximate surface area is 331 Å². The predicted molar refractivity (Wildman–Crippen MR) is 250 cm³/mol. The molecule has 9 aromatic carbocycles. The van der Waals surface area contributed by atoms with Crippen molar-refractivity contribution in [2.24, 2.45) is 0 Å². The second-order valence-corrected chi connectivity index (χ2v) is 14.1. The van der Waals surface area contributed by atoms with Crippen LogP contribution in [0, 0.1) is 0 Å². The molecule has 9 aromatic rings. The van der Waals surface area contributed by atoms with Crippen LogP contribution in [-0.2, 0) is 0 Å². The maximum atomic E-state index is 7.15. The molecule has 9 rings (SSSR count). The normalized spacial score (nSPS) is 11.9. The SMILES string of the molecule is [B]c1c([B])c([B])c2c(-c3cc4c5ccccc5c5ccccc5c4c4ccccc34)c3c([B])c([B])c([B])c([B])c3c(-c3ccc(C=C)c(/C=C\C)c3)c2c1[B]. The summed E-state index contributed by atoms with van der Waals surface area (Å²) in [6, 6.07) is 33.6. The number of hydrogen-bond acceptors (Lipinski definition) is 0. The zero-order valence-electron chi connectivity index (χ0n) is 30.3. The van der Waals surface area contributed by atoms with E-state index in [1.807, 2.05) is 43.4 Å². The minimum Gasteiger partial charge on any atom is -0.110 e. The largest absolute Gasteiger partial charge is 0.113 e. The molecule has 8 heteroatoms. The lowest BCUT2D eigenvalue weighted by molar-refractivity contribution is 1.60. The van der Waals surface area contributed by atoms with Crippen molar-refractivity contribution in [2.45, 2.75) is 6.92 Å². The van der Waals surface area contributed by atoms with Gasteiger partial charge < -0.3 is 0 Å². The van der Waals surface area contributed by atoms with E-state index in [2.05, 4.69) is 85.4 Å². The number of rotatable bonds is 4. The molecule has 0 unspecified atom stereocenters. The first kappa shape index (κ1) is 35.3. The minimum absolute atomic E-state index is 0.170. The molecule has 236 valence electrons. The van der Waals surface area contributed by atoms with E-state index in [-0.39, 0.29) is 43.7 Å². The van der Waals surface area contributed by atoms with Gasteiger partial charge in [0.05, 0.1) is 0 Å². The molecule has 16 radical (unpaired) electrons. The van der Waals surface area contributed by atoms with E-state index in [9.17, 15) is 0 Å². The Hall–Kier alpha value is -5.46. The van der Waals surface area contributed by atoms with E-state index in [1.54, 1.807) is 0 Å². The van der Waals surface area contributed by atoms with Gasteiger partial charge in [0.2, 0.25) is 0 Å². The summed E-state index contributed by atoms with van der Waals surface area (Å²) in [5.41, 5.74) is 6.56. The second kappa shape index (κ2) is 13.1. The molecule has 0 aliphatic heterocycles. The van der Waals surface area contributed by atoms with Gasteiger partial charge in [0.15, 0.2) is 0 Å². The molecular weight excluding hydrogens is 651 g/mol. The molecule has 0 bridgehead atoms. The molecule has 0 amide bonds. The molecule has 0 atom stereocenters. The van der Waals surface area contributed by atoms with Crippen molar-refractivity contribution in [3.05, 3.63) is 121 Å². The highest BCUT2D eigenvalue weighted by molar-refractivity contribution is 6.71. The van der Waals surface area contributed by atoms with Crippen LogP contribution in [0.1, 0.15) is 18.1 Å². The van der Waals surface area contributed by atoms with E-state index in [0.717, 1.165) is 60.0 Å². The first-order valence-electron chi connectivity index (χ1n) is 18.0. The van der Waals surface area contributed by atoms with Crippen molar-refractivity contribution in [1.29, 1.82) is 0 Å². The van der Waals surface area contributed by atoms with Crippen molar-refractivity contribution in [2.75, 3.05) is 0 Å². The van der Waals surface area contributed by atoms with Gasteiger partial charge in [-0.3, -0.25) is 0 Å². The molecule has 0 aliphatic carbocycles. The third-order valence-corrected chi connectivity index (χ3v) is 11.3. The van der Waals surface area contributed by atoms with Crippen LogP contribution in [0.5, 0.6) is 0 Å². The molecule has 0 fully saturated rings. The summed E-state index contributed by atoms with van der Waals surface area (Å²) >= 11 is 0. The fourth-order valence-corrected chi connectivity index (χ4v) is 8.72. The third-order valence-electron chi connectivity index (χ3n) is 11.3. The lowest BCUT2D eigenvalue weighted by atomic mass is 9.59. The molecule has 0 nitrogen and oxygen atoms in total. The molecule has 0 heterocycles. The van der Waals surface area contributed by atoms with Crippen molar-refractivity contribution in [1.82, 2.24) is 0 Å². The smallest absolute Gasteiger partial charge is 0.110 e. The van der Waals surface area contributed by atoms with Crippen LogP contribution >= 0.6 is 0 Å². The van der Waals surface area contributed by atoms with Crippen LogP contribution in [0.2, 0.25) is 0 Å². The summed E-state index contributed by atoms with van der Waals surface area (Å²) in [7, 11) is 55.4. The summed E-state index contributed by atoms with van der Waals surface area (Å²) in [5, 5.41) is 11.0. The summed E-state index contributed by atoms with van der Waals surface area (Å²) in [6.45, 7) is 5.99. The zero-order chi connectivity index (χ0) is 38.4. The summed E-state index contributed by atoms with van der Waals surface area (Å²) in [6.07, 6.45) is 5.80. The van der Waals surface area contributed by atoms with E-state index >= 15 is 0 Å². The van der Waals surface area contributed by atoms with Crippen LogP contribution in [0.25, 0.3) is 99.0 Å². The third kappa shape index (κ3) is 4.96. The van der Waals surface area contributed by atoms with Crippen LogP contribution in [0.15, 0.2) is 110 Å². The van der Waals surface area contributed by atoms with Crippen molar-refractivity contribution in [3.8, 4) is 22.3 Å². The maximum absolute atomic E-state index is 7.15. The second-order valence-electron chi connectivity index (χ2n) is 14.1. The highest BCUT2D eigenvalue weighted by atomic mass is 14.3. The van der Waals surface area contributed by atoms with Gasteiger partial charge in [-0.2, -0.15) is 0 Å². The Bertz CT molecular complexity index is 3130. The Balaban J connectivity index is 1.62. The molecular formula is C47H24B8. The van der Waals surface area contributed by atoms with E-state index in [1.165, 1.54) is 5.39 Å². The van der Waals surface area contributed by atoms with Gasteiger partial charge in [-0.15, -0.1) is 21.9 Å². The topological polar surface area (TPSA) is 0 Å². The van der Waals surface area contributed by atoms with Crippen molar-refractivity contribution in [3.63, 3.8) is 0 Å². The highest BCUT2D eigenvalue weighted by Gasteiger charge is 2.26. The van der Waals surface area contributed by atoms with Crippen LogP contribution in [-0.4, -0.2) is 62.8 Å². The summed E-state index contributed by atoms with van der Waals surface area (Å²) < 4.78 is 0. The fourth-order valence-electron chi connectivity index (χ4n) is 8.72. The summed E-state index contributed by atoms with van der Waals surface area (Å²) in [4.78, 5) is 0. The lowest BCUT2D eigenvalue weighted by Crippen LogP contribution is -2.50. The lowest BCUT2D eigenvalue weighted by Gasteiger charge is -2.29. The molecule has 0 N–H and O–H groups in total. The first-order valence-corrected chi connectivity index (χ1v) is 18.0. The first-order chi connectivity index (χ1) is 26.6. The van der Waals surface area contributed by atoms with E-state index < -0.39 is 0 Å². The molecule has 0 saturated carbocycles. The number of hydrogen-bond donors (Lipinski definition) is 0. The molecule has 0 spiro atoms. The quantitative estimate of drug-likeness (QED) is 0.151. The monoisotopic (exact) mass is 676 g/mol. The minimum atomic E-state index is 0.170. The van der Waals surface area contributed by atoms with Gasteiger partial charge in [-0.1, -0.05) is 132 Å². The Morgan fingerprint density at radius 3 is 1.31 bits per heavy atom. The highest BCUT2D eigenvalue weighted by Crippen LogP contribution is 2.47. The number of allylic oxidation sites excluding steroid dienone is 1. The predicted octanol–water partition coefficient (Wildman–Crippen LogP) is 3.97. The maximum Gasteiger partial charge on any atom is 0.113 e. The average Bonchev–Trinajstić information content (AvgIpc) is 3.22. The summed E-state index contributed by atoms with van der Waals surface area (Å²) in [5.74, 6) is 0. The van der Waals surface area contributed by atoms with Gasteiger partial charge in [0.25, 0.3) is 0 Å². The van der Waals surface area contributed by atoms with Crippen LogP contribution in [0.3, 0.4) is 0 Å². The van der Waals surface area contributed by atoms with Gasteiger partial charge >= 0.3 is 0 Å². The van der Waals surface area contributed by atoms with Crippen molar-refractivity contribution < 1.29 is 0 Å². The standard InChI is InChI=1S/C47H24B8/c1-3-11-23-20-24(19-18-22(23)4-2)33-36-38(42(50)46(54)44(52)40(36)48)35(39-37(33)41(49)45(53)47(55)43(39)51)32-21-31-27-14-6-5-12-25(27)26-13-7-9-16-29(26)34(31)30-17-10-8-15-28(30)32/h3-21H,2H2,1H3/b11-3-. The van der Waals surface area contributed by atoms with E-state index in [4.69, 9.17) is 62.8 Å². The van der Waals surface area contributed by atoms with Gasteiger partial charge in [0, 0.05) is 0 Å². The van der Waals surface area contributed by atoms with Crippen molar-refractivity contribution >= 4 is 183 Å². The van der Waals surface area contributed by atoms with Gasteiger partial charge in [0.1, 0.15) is 62.8 Å². The Morgan fingerprint density at radius 1 is 0.400 bits per heavy atom. The van der Waals surface area contributed by atoms with Gasteiger partial charge in [-0.05, 0) is 117 Å². The van der Waals surface area contributed by atoms with Gasteiger partial charge in [-0.25, -0.2) is 0 Å². The van der Waals surface area contributed by atoms with E-state index in [0.29, 0.717) is 32.7 Å².